The molecule has 0 spiro atoms. The maximum absolute atomic E-state index is 3.15. The fraction of sp³-hybridized carbons (Fsp3) is 1.00. The highest BCUT2D eigenvalue weighted by Crippen LogP contribution is 2.15. The van der Waals surface area contributed by atoms with Crippen molar-refractivity contribution < 1.29 is 0 Å². The molecule has 1 heteroatoms. The third-order valence-corrected chi connectivity index (χ3v) is 1.50. The first-order chi connectivity index (χ1) is 4.41. The van der Waals surface area contributed by atoms with Crippen molar-refractivity contribution in [3.8, 4) is 0 Å². The molecule has 0 aromatic carbocycles. The van der Waals surface area contributed by atoms with E-state index in [4.69, 9.17) is 0 Å². The predicted octanol–water partition coefficient (Wildman–Crippen LogP) is 3.74. The lowest BCUT2D eigenvalue weighted by molar-refractivity contribution is 0.504. The molecule has 0 saturated heterocycles. The highest BCUT2D eigenvalue weighted by molar-refractivity contribution is 9.09. The first-order valence-corrected chi connectivity index (χ1v) is 5.10. The van der Waals surface area contributed by atoms with E-state index in [2.05, 4.69) is 15.9 Å². The monoisotopic (exact) mass is 192 g/mol. The standard InChI is InChI=1S/C6H12.C2H5Br/c1-2-4-6-5-3-1;1-2-3/h1-6H2;2H2,1H3. The normalized spacial score (nSPS) is 18.0. The minimum atomic E-state index is 1.06. The molecule has 9 heavy (non-hydrogen) atoms. The zero-order valence-corrected chi connectivity index (χ0v) is 7.91. The summed E-state index contributed by atoms with van der Waals surface area (Å²) in [5, 5.41) is 1.06. The lowest BCUT2D eigenvalue weighted by Gasteiger charge is -2.05. The van der Waals surface area contributed by atoms with Crippen LogP contribution in [0, 0.1) is 0 Å². The molecule has 0 heterocycles. The van der Waals surface area contributed by atoms with Crippen LogP contribution in [-0.4, -0.2) is 5.33 Å². The van der Waals surface area contributed by atoms with Crippen LogP contribution >= 0.6 is 15.9 Å². The van der Waals surface area contributed by atoms with Crippen LogP contribution in [0.25, 0.3) is 0 Å². The molecule has 0 aliphatic heterocycles. The zero-order valence-electron chi connectivity index (χ0n) is 6.33. The Kier molecular flexibility index (Phi) is 8.93. The smallest absolute Gasteiger partial charge is 0.000281 e. The van der Waals surface area contributed by atoms with Gasteiger partial charge in [-0.1, -0.05) is 61.4 Å². The van der Waals surface area contributed by atoms with Crippen LogP contribution in [0.1, 0.15) is 45.4 Å². The van der Waals surface area contributed by atoms with Crippen LogP contribution in [0.15, 0.2) is 0 Å². The highest BCUT2D eigenvalue weighted by Gasteiger charge is 1.95. The summed E-state index contributed by atoms with van der Waals surface area (Å²) in [4.78, 5) is 0. The van der Waals surface area contributed by atoms with Crippen LogP contribution < -0.4 is 0 Å². The maximum Gasteiger partial charge on any atom is 0.000281 e. The van der Waals surface area contributed by atoms with Gasteiger partial charge in [0.25, 0.3) is 0 Å². The second kappa shape index (κ2) is 8.48. The van der Waals surface area contributed by atoms with Gasteiger partial charge in [-0.15, -0.1) is 0 Å². The first-order valence-electron chi connectivity index (χ1n) is 3.97. The average Bonchev–Trinajstić information content (AvgIpc) is 1.93. The molecule has 0 aromatic rings. The Bertz CT molecular complexity index is 28.3. The van der Waals surface area contributed by atoms with Crippen molar-refractivity contribution in [2.45, 2.75) is 45.4 Å². The molecule has 1 saturated carbocycles. The van der Waals surface area contributed by atoms with Gasteiger partial charge in [0.1, 0.15) is 0 Å². The Balaban J connectivity index is 0.000000187. The van der Waals surface area contributed by atoms with Gasteiger partial charge in [0, 0.05) is 5.33 Å². The van der Waals surface area contributed by atoms with Gasteiger partial charge in [0.2, 0.25) is 0 Å². The summed E-state index contributed by atoms with van der Waals surface area (Å²) in [6.07, 6.45) is 9.00. The van der Waals surface area contributed by atoms with Gasteiger partial charge in [-0.3, -0.25) is 0 Å². The lowest BCUT2D eigenvalue weighted by Crippen LogP contribution is -1.85. The molecule has 0 nitrogen and oxygen atoms in total. The van der Waals surface area contributed by atoms with Gasteiger partial charge in [0.05, 0.1) is 0 Å². The number of rotatable bonds is 0. The summed E-state index contributed by atoms with van der Waals surface area (Å²) < 4.78 is 0. The van der Waals surface area contributed by atoms with E-state index in [0.717, 1.165) is 5.33 Å². The maximum atomic E-state index is 3.15. The number of alkyl halides is 1. The summed E-state index contributed by atoms with van der Waals surface area (Å²) >= 11 is 3.15. The van der Waals surface area contributed by atoms with Crippen molar-refractivity contribution in [3.05, 3.63) is 0 Å². The molecular formula is C8H17Br. The quantitative estimate of drug-likeness (QED) is 0.514. The van der Waals surface area contributed by atoms with Gasteiger partial charge in [0.15, 0.2) is 0 Å². The summed E-state index contributed by atoms with van der Waals surface area (Å²) in [6.45, 7) is 2.04. The van der Waals surface area contributed by atoms with Crippen molar-refractivity contribution in [2.75, 3.05) is 5.33 Å². The van der Waals surface area contributed by atoms with E-state index in [1.54, 1.807) is 0 Å². The fourth-order valence-electron chi connectivity index (χ4n) is 1.06. The topological polar surface area (TPSA) is 0 Å². The van der Waals surface area contributed by atoms with Crippen LogP contribution in [-0.2, 0) is 0 Å². The molecule has 0 radical (unpaired) electrons. The molecule has 0 bridgehead atoms. The highest BCUT2D eigenvalue weighted by atomic mass is 79.9. The summed E-state index contributed by atoms with van der Waals surface area (Å²) in [7, 11) is 0. The second-order valence-electron chi connectivity index (χ2n) is 2.39. The molecule has 1 rings (SSSR count). The lowest BCUT2D eigenvalue weighted by atomic mass is 10.0. The molecule has 0 unspecified atom stereocenters. The number of hydrogen-bond acceptors (Lipinski definition) is 0. The van der Waals surface area contributed by atoms with Crippen molar-refractivity contribution >= 4 is 15.9 Å². The van der Waals surface area contributed by atoms with Crippen LogP contribution in [0.4, 0.5) is 0 Å². The van der Waals surface area contributed by atoms with Gasteiger partial charge in [-0.2, -0.15) is 0 Å². The minimum absolute atomic E-state index is 1.06. The molecule has 56 valence electrons. The first kappa shape index (κ1) is 9.48. The largest absolute Gasteiger partial charge is 0.0931 e. The molecule has 1 fully saturated rings. The fourth-order valence-corrected chi connectivity index (χ4v) is 1.06. The van der Waals surface area contributed by atoms with Crippen LogP contribution in [0.3, 0.4) is 0 Å². The van der Waals surface area contributed by atoms with Crippen molar-refractivity contribution in [3.63, 3.8) is 0 Å². The zero-order chi connectivity index (χ0) is 6.95. The van der Waals surface area contributed by atoms with Crippen LogP contribution in [0.2, 0.25) is 0 Å². The molecule has 1 aliphatic rings. The van der Waals surface area contributed by atoms with Crippen LogP contribution in [0.5, 0.6) is 0 Å². The second-order valence-corrected chi connectivity index (χ2v) is 3.51. The molecular weight excluding hydrogens is 176 g/mol. The van der Waals surface area contributed by atoms with E-state index in [1.807, 2.05) is 6.92 Å². The van der Waals surface area contributed by atoms with E-state index in [-0.39, 0.29) is 0 Å². The summed E-state index contributed by atoms with van der Waals surface area (Å²) in [6, 6.07) is 0. The average molecular weight is 193 g/mol. The minimum Gasteiger partial charge on any atom is -0.0931 e. The van der Waals surface area contributed by atoms with E-state index in [0.29, 0.717) is 0 Å². The Labute approximate surface area is 67.2 Å². The van der Waals surface area contributed by atoms with E-state index >= 15 is 0 Å². The Morgan fingerprint density at radius 1 is 0.889 bits per heavy atom. The van der Waals surface area contributed by atoms with E-state index < -0.39 is 0 Å². The Morgan fingerprint density at radius 3 is 1.11 bits per heavy atom. The molecule has 0 amide bonds. The Hall–Kier alpha value is 0.480. The number of halogens is 1. The van der Waals surface area contributed by atoms with Crippen molar-refractivity contribution in [1.82, 2.24) is 0 Å². The van der Waals surface area contributed by atoms with Gasteiger partial charge >= 0.3 is 0 Å². The molecule has 0 N–H and O–H groups in total. The summed E-state index contributed by atoms with van der Waals surface area (Å²) in [5.74, 6) is 0. The predicted molar refractivity (Wildman–Crippen MR) is 47.2 cm³/mol. The van der Waals surface area contributed by atoms with E-state index in [1.165, 1.54) is 38.5 Å². The van der Waals surface area contributed by atoms with Gasteiger partial charge in [-0.05, 0) is 0 Å². The molecule has 0 aromatic heterocycles. The third kappa shape index (κ3) is 8.48. The number of hydrogen-bond donors (Lipinski definition) is 0. The van der Waals surface area contributed by atoms with Gasteiger partial charge in [-0.25, -0.2) is 0 Å². The van der Waals surface area contributed by atoms with Crippen molar-refractivity contribution in [1.29, 1.82) is 0 Å². The molecule has 0 atom stereocenters. The summed E-state index contributed by atoms with van der Waals surface area (Å²) in [5.41, 5.74) is 0. The van der Waals surface area contributed by atoms with E-state index in [9.17, 15) is 0 Å². The van der Waals surface area contributed by atoms with Crippen molar-refractivity contribution in [2.24, 2.45) is 0 Å². The van der Waals surface area contributed by atoms with Gasteiger partial charge < -0.3 is 0 Å². The SMILES string of the molecule is C1CCCCC1.CCBr. The Morgan fingerprint density at radius 2 is 1.00 bits per heavy atom. The third-order valence-electron chi connectivity index (χ3n) is 1.50. The molecule has 1 aliphatic carbocycles.